The van der Waals surface area contributed by atoms with Gasteiger partial charge in [0.25, 0.3) is 10.2 Å². The highest BCUT2D eigenvalue weighted by atomic mass is 32.2. The Hall–Kier alpha value is -1.80. The van der Waals surface area contributed by atoms with Crippen LogP contribution in [0.3, 0.4) is 0 Å². The predicted molar refractivity (Wildman–Crippen MR) is 116 cm³/mol. The number of aromatic nitrogens is 1. The predicted octanol–water partition coefficient (Wildman–Crippen LogP) is 0.830. The van der Waals surface area contributed by atoms with Gasteiger partial charge in [0.2, 0.25) is 0 Å². The van der Waals surface area contributed by atoms with E-state index in [2.05, 4.69) is 0 Å². The maximum atomic E-state index is 12.3. The molecule has 3 rings (SSSR count). The standard InChI is InChI=1S/C19H28N4O6S2/c1-21(2)31(27,28)22-11-8-15(9-12-22)14-4-6-16(7-5-14)17-10-13-23(30(20,25)26)18(17)19(24)29-3/h4-7,10,13,15,19,24H,8-9,11-12H2,1-3H3,(H2,20,25,26). The van der Waals surface area contributed by atoms with Crippen LogP contribution in [0.2, 0.25) is 0 Å². The molecule has 1 aliphatic rings. The Morgan fingerprint density at radius 2 is 1.68 bits per heavy atom. The van der Waals surface area contributed by atoms with E-state index in [0.717, 1.165) is 9.54 Å². The van der Waals surface area contributed by atoms with Gasteiger partial charge in [-0.1, -0.05) is 24.3 Å². The van der Waals surface area contributed by atoms with Crippen LogP contribution >= 0.6 is 0 Å². The summed E-state index contributed by atoms with van der Waals surface area (Å²) >= 11 is 0. The lowest BCUT2D eigenvalue weighted by Crippen LogP contribution is -2.44. The highest BCUT2D eigenvalue weighted by Crippen LogP contribution is 2.34. The Labute approximate surface area is 183 Å². The van der Waals surface area contributed by atoms with Crippen LogP contribution in [0.1, 0.15) is 36.3 Å². The van der Waals surface area contributed by atoms with E-state index in [9.17, 15) is 21.9 Å². The second-order valence-corrected chi connectivity index (χ2v) is 11.2. The lowest BCUT2D eigenvalue weighted by Gasteiger charge is -2.33. The molecule has 0 amide bonds. The largest absolute Gasteiger partial charge is 0.363 e. The second-order valence-electron chi connectivity index (χ2n) is 7.63. The van der Waals surface area contributed by atoms with Crippen LogP contribution in [0.4, 0.5) is 0 Å². The fourth-order valence-electron chi connectivity index (χ4n) is 3.83. The first kappa shape index (κ1) is 23.9. The zero-order valence-electron chi connectivity index (χ0n) is 17.7. The summed E-state index contributed by atoms with van der Waals surface area (Å²) in [5.74, 6) is 0.223. The molecular formula is C19H28N4O6S2. The molecule has 0 spiro atoms. The average Bonchev–Trinajstić information content (AvgIpc) is 3.19. The van der Waals surface area contributed by atoms with E-state index >= 15 is 0 Å². The van der Waals surface area contributed by atoms with Gasteiger partial charge in [0, 0.05) is 46.1 Å². The van der Waals surface area contributed by atoms with Crippen LogP contribution < -0.4 is 5.14 Å². The van der Waals surface area contributed by atoms with E-state index < -0.39 is 26.7 Å². The normalized spacial score (nSPS) is 17.9. The number of benzene rings is 1. The summed E-state index contributed by atoms with van der Waals surface area (Å²) in [7, 11) is -3.19. The van der Waals surface area contributed by atoms with Crippen LogP contribution in [0.5, 0.6) is 0 Å². The number of aliphatic hydroxyl groups excluding tert-OH is 1. The van der Waals surface area contributed by atoms with E-state index in [1.165, 1.54) is 36.0 Å². The van der Waals surface area contributed by atoms with Crippen LogP contribution in [-0.4, -0.2) is 68.8 Å². The quantitative estimate of drug-likeness (QED) is 0.573. The summed E-state index contributed by atoms with van der Waals surface area (Å²) < 4.78 is 56.7. The Morgan fingerprint density at radius 1 is 1.10 bits per heavy atom. The van der Waals surface area contributed by atoms with Crippen LogP contribution in [0.15, 0.2) is 36.5 Å². The average molecular weight is 473 g/mol. The van der Waals surface area contributed by atoms with Crippen molar-refractivity contribution in [2.45, 2.75) is 25.0 Å². The third kappa shape index (κ3) is 4.85. The van der Waals surface area contributed by atoms with Crippen LogP contribution in [0, 0.1) is 0 Å². The molecule has 0 saturated carbocycles. The molecule has 3 N–H and O–H groups in total. The maximum absolute atomic E-state index is 12.3. The minimum atomic E-state index is -4.11. The molecule has 1 aliphatic heterocycles. The van der Waals surface area contributed by atoms with Crippen LogP contribution in [0.25, 0.3) is 11.1 Å². The second kappa shape index (κ2) is 8.98. The molecule has 0 aliphatic carbocycles. The number of methoxy groups -OCH3 is 1. The molecule has 1 atom stereocenters. The Balaban J connectivity index is 1.82. The monoisotopic (exact) mass is 472 g/mol. The van der Waals surface area contributed by atoms with Gasteiger partial charge >= 0.3 is 10.2 Å². The Kier molecular flexibility index (Phi) is 6.91. The zero-order chi connectivity index (χ0) is 23.0. The number of rotatable bonds is 7. The minimum Gasteiger partial charge on any atom is -0.363 e. The molecule has 172 valence electrons. The molecule has 31 heavy (non-hydrogen) atoms. The molecule has 1 unspecified atom stereocenters. The molecule has 2 aromatic rings. The first-order valence-electron chi connectivity index (χ1n) is 9.70. The molecule has 0 radical (unpaired) electrons. The summed E-state index contributed by atoms with van der Waals surface area (Å²) in [5.41, 5.74) is 2.29. The summed E-state index contributed by atoms with van der Waals surface area (Å²) in [4.78, 5) is 0. The van der Waals surface area contributed by atoms with E-state index in [1.54, 1.807) is 6.07 Å². The number of nitrogens with zero attached hydrogens (tertiary/aromatic N) is 3. The van der Waals surface area contributed by atoms with Gasteiger partial charge in [-0.25, -0.2) is 9.11 Å². The van der Waals surface area contributed by atoms with Gasteiger partial charge in [-0.15, -0.1) is 0 Å². The van der Waals surface area contributed by atoms with Crippen molar-refractivity contribution in [3.8, 4) is 11.1 Å². The summed E-state index contributed by atoms with van der Waals surface area (Å²) in [6, 6.07) is 9.11. The van der Waals surface area contributed by atoms with Crippen molar-refractivity contribution in [2.24, 2.45) is 5.14 Å². The molecule has 0 bridgehead atoms. The zero-order valence-corrected chi connectivity index (χ0v) is 19.3. The van der Waals surface area contributed by atoms with Crippen molar-refractivity contribution < 1.29 is 26.7 Å². The number of nitrogens with two attached hydrogens (primary N) is 1. The number of piperidine rings is 1. The van der Waals surface area contributed by atoms with E-state index in [1.807, 2.05) is 24.3 Å². The molecule has 1 saturated heterocycles. The van der Waals surface area contributed by atoms with E-state index in [0.29, 0.717) is 37.1 Å². The topological polar surface area (TPSA) is 135 Å². The van der Waals surface area contributed by atoms with Gasteiger partial charge in [-0.2, -0.15) is 25.4 Å². The van der Waals surface area contributed by atoms with Gasteiger partial charge in [0.05, 0.1) is 5.69 Å². The Morgan fingerprint density at radius 3 is 2.16 bits per heavy atom. The highest BCUT2D eigenvalue weighted by molar-refractivity contribution is 7.87. The molecule has 1 aromatic heterocycles. The Bertz CT molecular complexity index is 1120. The molecule has 1 aromatic carbocycles. The fraction of sp³-hybridized carbons (Fsp3) is 0.474. The molecule has 10 nitrogen and oxygen atoms in total. The summed E-state index contributed by atoms with van der Waals surface area (Å²) in [5, 5.41) is 15.4. The molecular weight excluding hydrogens is 444 g/mol. The van der Waals surface area contributed by atoms with Crippen LogP contribution in [-0.2, 0) is 25.2 Å². The van der Waals surface area contributed by atoms with Crippen molar-refractivity contribution in [3.05, 3.63) is 47.8 Å². The first-order valence-corrected chi connectivity index (χ1v) is 12.6. The SMILES string of the molecule is COC(O)c1c(-c2ccc(C3CCN(S(=O)(=O)N(C)C)CC3)cc2)ccn1S(N)(=O)=O. The van der Waals surface area contributed by atoms with E-state index in [-0.39, 0.29) is 11.6 Å². The molecule has 2 heterocycles. The summed E-state index contributed by atoms with van der Waals surface area (Å²) in [6.07, 6.45) is 1.23. The fourth-order valence-corrected chi connectivity index (χ4v) is 5.66. The first-order chi connectivity index (χ1) is 14.5. The van der Waals surface area contributed by atoms with Crippen molar-refractivity contribution in [1.82, 2.24) is 12.6 Å². The van der Waals surface area contributed by atoms with Crippen molar-refractivity contribution in [2.75, 3.05) is 34.3 Å². The minimum absolute atomic E-state index is 0.0277. The van der Waals surface area contributed by atoms with Gasteiger partial charge in [0.1, 0.15) is 0 Å². The van der Waals surface area contributed by atoms with Gasteiger partial charge in [-0.3, -0.25) is 0 Å². The third-order valence-corrected chi connectivity index (χ3v) is 8.36. The van der Waals surface area contributed by atoms with Gasteiger partial charge in [0.15, 0.2) is 6.29 Å². The smallest absolute Gasteiger partial charge is 0.302 e. The van der Waals surface area contributed by atoms with Crippen molar-refractivity contribution >= 4 is 20.4 Å². The lowest BCUT2D eigenvalue weighted by atomic mass is 9.89. The number of hydrogen-bond donors (Lipinski definition) is 2. The molecule has 1 fully saturated rings. The van der Waals surface area contributed by atoms with Gasteiger partial charge < -0.3 is 9.84 Å². The maximum Gasteiger partial charge on any atom is 0.302 e. The number of ether oxygens (including phenoxy) is 1. The molecule has 12 heteroatoms. The highest BCUT2D eigenvalue weighted by Gasteiger charge is 2.30. The lowest BCUT2D eigenvalue weighted by molar-refractivity contribution is -0.0798. The van der Waals surface area contributed by atoms with Gasteiger partial charge in [-0.05, 0) is 36.0 Å². The van der Waals surface area contributed by atoms with E-state index in [4.69, 9.17) is 9.88 Å². The van der Waals surface area contributed by atoms with Crippen molar-refractivity contribution in [3.63, 3.8) is 0 Å². The summed E-state index contributed by atoms with van der Waals surface area (Å²) in [6.45, 7) is 0.905. The van der Waals surface area contributed by atoms with Crippen molar-refractivity contribution in [1.29, 1.82) is 0 Å². The third-order valence-electron chi connectivity index (χ3n) is 5.56. The number of hydrogen-bond acceptors (Lipinski definition) is 6. The number of aliphatic hydroxyl groups is 1.